The molecule has 0 aliphatic carbocycles. The standard InChI is InChI=1S/C17H19ClFNO2/c18-17-10-15(19)5-4-14(17)12-22-16-6-2-13(3-7-16)11-20-8-1-9-21/h2-7,10,20-21H,1,8-9,11-12H2. The zero-order chi connectivity index (χ0) is 15.8. The van der Waals surface area contributed by atoms with Gasteiger partial charge in [-0.1, -0.05) is 29.8 Å². The average molecular weight is 324 g/mol. The van der Waals surface area contributed by atoms with Gasteiger partial charge < -0.3 is 15.2 Å². The van der Waals surface area contributed by atoms with Crippen molar-refractivity contribution in [3.63, 3.8) is 0 Å². The fourth-order valence-corrected chi connectivity index (χ4v) is 2.16. The summed E-state index contributed by atoms with van der Waals surface area (Å²) in [6, 6.07) is 12.0. The van der Waals surface area contributed by atoms with Gasteiger partial charge in [0, 0.05) is 18.7 Å². The zero-order valence-corrected chi connectivity index (χ0v) is 12.9. The van der Waals surface area contributed by atoms with Crippen LogP contribution in [-0.2, 0) is 13.2 Å². The number of nitrogens with one attached hydrogen (secondary N) is 1. The van der Waals surface area contributed by atoms with Crippen LogP contribution >= 0.6 is 11.6 Å². The third kappa shape index (κ3) is 5.30. The van der Waals surface area contributed by atoms with Crippen molar-refractivity contribution >= 4 is 11.6 Å². The first kappa shape index (κ1) is 16.7. The lowest BCUT2D eigenvalue weighted by atomic mass is 10.2. The highest BCUT2D eigenvalue weighted by Gasteiger charge is 2.03. The second-order valence-electron chi connectivity index (χ2n) is 4.92. The van der Waals surface area contributed by atoms with Crippen LogP contribution in [0, 0.1) is 5.82 Å². The van der Waals surface area contributed by atoms with Gasteiger partial charge in [0.25, 0.3) is 0 Å². The Morgan fingerprint density at radius 3 is 2.59 bits per heavy atom. The molecule has 2 N–H and O–H groups in total. The fourth-order valence-electron chi connectivity index (χ4n) is 1.94. The number of halogens is 2. The monoisotopic (exact) mass is 323 g/mol. The second kappa shape index (κ2) is 8.73. The Kier molecular flexibility index (Phi) is 6.65. The largest absolute Gasteiger partial charge is 0.489 e. The minimum absolute atomic E-state index is 0.200. The first-order chi connectivity index (χ1) is 10.7. The normalized spacial score (nSPS) is 10.7. The molecule has 0 radical (unpaired) electrons. The molecule has 2 aromatic rings. The predicted octanol–water partition coefficient (Wildman–Crippen LogP) is 3.53. The maximum Gasteiger partial charge on any atom is 0.124 e. The van der Waals surface area contributed by atoms with E-state index in [1.165, 1.54) is 12.1 Å². The van der Waals surface area contributed by atoms with Gasteiger partial charge in [-0.05, 0) is 42.8 Å². The Hall–Kier alpha value is -1.62. The van der Waals surface area contributed by atoms with E-state index in [0.29, 0.717) is 11.6 Å². The molecule has 0 heterocycles. The summed E-state index contributed by atoms with van der Waals surface area (Å²) in [6.45, 7) is 2.04. The van der Waals surface area contributed by atoms with E-state index in [4.69, 9.17) is 21.4 Å². The number of rotatable bonds is 8. The highest BCUT2D eigenvalue weighted by molar-refractivity contribution is 6.31. The van der Waals surface area contributed by atoms with Crippen LogP contribution in [0.4, 0.5) is 4.39 Å². The topological polar surface area (TPSA) is 41.5 Å². The fraction of sp³-hybridized carbons (Fsp3) is 0.294. The lowest BCUT2D eigenvalue weighted by Crippen LogP contribution is -2.15. The zero-order valence-electron chi connectivity index (χ0n) is 12.2. The molecule has 2 rings (SSSR count). The molecular formula is C17H19ClFNO2. The van der Waals surface area contributed by atoms with Crippen molar-refractivity contribution in [2.75, 3.05) is 13.2 Å². The van der Waals surface area contributed by atoms with E-state index < -0.39 is 0 Å². The van der Waals surface area contributed by atoms with Crippen molar-refractivity contribution in [2.45, 2.75) is 19.6 Å². The van der Waals surface area contributed by atoms with Crippen molar-refractivity contribution < 1.29 is 14.2 Å². The van der Waals surface area contributed by atoms with Gasteiger partial charge in [0.15, 0.2) is 0 Å². The summed E-state index contributed by atoms with van der Waals surface area (Å²) in [5, 5.41) is 12.3. The molecule has 0 fully saturated rings. The van der Waals surface area contributed by atoms with E-state index in [1.807, 2.05) is 24.3 Å². The van der Waals surface area contributed by atoms with Crippen LogP contribution in [0.5, 0.6) is 5.75 Å². The number of benzene rings is 2. The van der Waals surface area contributed by atoms with Gasteiger partial charge in [-0.3, -0.25) is 0 Å². The third-order valence-corrected chi connectivity index (χ3v) is 3.53. The molecule has 118 valence electrons. The van der Waals surface area contributed by atoms with E-state index >= 15 is 0 Å². The van der Waals surface area contributed by atoms with Crippen LogP contribution in [-0.4, -0.2) is 18.3 Å². The Labute approximate surface area is 134 Å². The molecule has 5 heteroatoms. The molecule has 2 aromatic carbocycles. The lowest BCUT2D eigenvalue weighted by molar-refractivity contribution is 0.286. The summed E-state index contributed by atoms with van der Waals surface area (Å²) >= 11 is 5.96. The molecule has 22 heavy (non-hydrogen) atoms. The summed E-state index contributed by atoms with van der Waals surface area (Å²) in [4.78, 5) is 0. The maximum absolute atomic E-state index is 13.0. The number of aliphatic hydroxyl groups is 1. The summed E-state index contributed by atoms with van der Waals surface area (Å²) in [5.74, 6) is 0.381. The summed E-state index contributed by atoms with van der Waals surface area (Å²) in [7, 11) is 0. The number of aliphatic hydroxyl groups excluding tert-OH is 1. The molecule has 0 bridgehead atoms. The van der Waals surface area contributed by atoms with Gasteiger partial charge in [0.05, 0.1) is 5.02 Å². The van der Waals surface area contributed by atoms with Crippen LogP contribution in [0.15, 0.2) is 42.5 Å². The molecule has 0 unspecified atom stereocenters. The predicted molar refractivity (Wildman–Crippen MR) is 85.6 cm³/mol. The Bertz CT molecular complexity index is 590. The van der Waals surface area contributed by atoms with Crippen LogP contribution < -0.4 is 10.1 Å². The first-order valence-corrected chi connectivity index (χ1v) is 7.54. The average Bonchev–Trinajstić information content (AvgIpc) is 2.52. The molecule has 0 aliphatic rings. The molecule has 0 aromatic heterocycles. The van der Waals surface area contributed by atoms with Crippen LogP contribution in [0.25, 0.3) is 0 Å². The maximum atomic E-state index is 13.0. The molecule has 0 aliphatic heterocycles. The van der Waals surface area contributed by atoms with E-state index in [9.17, 15) is 4.39 Å². The summed E-state index contributed by atoms with van der Waals surface area (Å²) in [5.41, 5.74) is 1.89. The van der Waals surface area contributed by atoms with Crippen molar-refractivity contribution in [1.29, 1.82) is 0 Å². The molecule has 0 spiro atoms. The Morgan fingerprint density at radius 1 is 1.14 bits per heavy atom. The highest BCUT2D eigenvalue weighted by Crippen LogP contribution is 2.20. The molecule has 0 saturated carbocycles. The van der Waals surface area contributed by atoms with E-state index in [1.54, 1.807) is 6.07 Å². The molecular weight excluding hydrogens is 305 g/mol. The van der Waals surface area contributed by atoms with E-state index in [0.717, 1.165) is 36.4 Å². The highest BCUT2D eigenvalue weighted by atomic mass is 35.5. The summed E-state index contributed by atoms with van der Waals surface area (Å²) in [6.07, 6.45) is 0.750. The van der Waals surface area contributed by atoms with E-state index in [2.05, 4.69) is 5.32 Å². The van der Waals surface area contributed by atoms with Gasteiger partial charge in [0.2, 0.25) is 0 Å². The number of ether oxygens (including phenoxy) is 1. The van der Waals surface area contributed by atoms with Gasteiger partial charge >= 0.3 is 0 Å². The van der Waals surface area contributed by atoms with Gasteiger partial charge in [-0.2, -0.15) is 0 Å². The van der Waals surface area contributed by atoms with Gasteiger partial charge in [-0.15, -0.1) is 0 Å². The van der Waals surface area contributed by atoms with Crippen LogP contribution in [0.1, 0.15) is 17.5 Å². The SMILES string of the molecule is OCCCNCc1ccc(OCc2ccc(F)cc2Cl)cc1. The first-order valence-electron chi connectivity index (χ1n) is 7.16. The lowest BCUT2D eigenvalue weighted by Gasteiger charge is -2.09. The molecule has 0 amide bonds. The van der Waals surface area contributed by atoms with Crippen molar-refractivity contribution in [3.8, 4) is 5.75 Å². The van der Waals surface area contributed by atoms with Crippen molar-refractivity contribution in [3.05, 3.63) is 64.4 Å². The Balaban J connectivity index is 1.83. The van der Waals surface area contributed by atoms with Crippen molar-refractivity contribution in [1.82, 2.24) is 5.32 Å². The quantitative estimate of drug-likeness (QED) is 0.730. The van der Waals surface area contributed by atoms with E-state index in [-0.39, 0.29) is 12.4 Å². The molecule has 0 atom stereocenters. The van der Waals surface area contributed by atoms with Gasteiger partial charge in [0.1, 0.15) is 18.2 Å². The van der Waals surface area contributed by atoms with Gasteiger partial charge in [-0.25, -0.2) is 4.39 Å². The minimum atomic E-state index is -0.355. The van der Waals surface area contributed by atoms with Crippen LogP contribution in [0.2, 0.25) is 5.02 Å². The van der Waals surface area contributed by atoms with Crippen LogP contribution in [0.3, 0.4) is 0 Å². The molecule has 3 nitrogen and oxygen atoms in total. The molecule has 0 saturated heterocycles. The minimum Gasteiger partial charge on any atom is -0.489 e. The summed E-state index contributed by atoms with van der Waals surface area (Å²) < 4.78 is 18.6. The second-order valence-corrected chi connectivity index (χ2v) is 5.33. The smallest absolute Gasteiger partial charge is 0.124 e. The van der Waals surface area contributed by atoms with Crippen molar-refractivity contribution in [2.24, 2.45) is 0 Å². The third-order valence-electron chi connectivity index (χ3n) is 3.17. The Morgan fingerprint density at radius 2 is 1.91 bits per heavy atom. The number of hydrogen-bond acceptors (Lipinski definition) is 3. The number of hydrogen-bond donors (Lipinski definition) is 2.